The number of phenols is 2. The predicted octanol–water partition coefficient (Wildman–Crippen LogP) is 7.88. The Morgan fingerprint density at radius 2 is 0.774 bits per heavy atom. The first kappa shape index (κ1) is 25.3. The molecule has 2 heteroatoms. The summed E-state index contributed by atoms with van der Waals surface area (Å²) in [5.41, 5.74) is 5.65. The summed E-state index contributed by atoms with van der Waals surface area (Å²) in [5.74, 6) is 0.691. The summed E-state index contributed by atoms with van der Waals surface area (Å²) in [5, 5.41) is 22.5. The van der Waals surface area contributed by atoms with Crippen LogP contribution in [0.25, 0.3) is 0 Å². The van der Waals surface area contributed by atoms with E-state index in [9.17, 15) is 10.2 Å². The van der Waals surface area contributed by atoms with E-state index in [1.54, 1.807) is 0 Å². The van der Waals surface area contributed by atoms with Gasteiger partial charge in [-0.15, -0.1) is 0 Å². The van der Waals surface area contributed by atoms with Crippen LogP contribution in [0.3, 0.4) is 0 Å². The van der Waals surface area contributed by atoms with Crippen molar-refractivity contribution >= 4 is 0 Å². The zero-order valence-corrected chi connectivity index (χ0v) is 21.9. The van der Waals surface area contributed by atoms with E-state index in [4.69, 9.17) is 0 Å². The zero-order chi connectivity index (χ0) is 24.2. The maximum atomic E-state index is 11.2. The van der Waals surface area contributed by atoms with Gasteiger partial charge in [0, 0.05) is 6.42 Å². The Morgan fingerprint density at radius 3 is 1.00 bits per heavy atom. The summed E-state index contributed by atoms with van der Waals surface area (Å²) in [6.07, 6.45) is 0.498. The van der Waals surface area contributed by atoms with Gasteiger partial charge in [-0.25, -0.2) is 0 Å². The Labute approximate surface area is 190 Å². The van der Waals surface area contributed by atoms with Crippen LogP contribution < -0.4 is 0 Å². The molecule has 172 valence electrons. The molecule has 2 nitrogen and oxygen atoms in total. The average molecular weight is 425 g/mol. The van der Waals surface area contributed by atoms with E-state index in [0.29, 0.717) is 17.9 Å². The van der Waals surface area contributed by atoms with Crippen molar-refractivity contribution in [3.63, 3.8) is 0 Å². The van der Waals surface area contributed by atoms with E-state index in [1.807, 2.05) is 0 Å². The molecule has 0 amide bonds. The summed E-state index contributed by atoms with van der Waals surface area (Å²) >= 11 is 0. The first-order valence-corrected chi connectivity index (χ1v) is 11.5. The van der Waals surface area contributed by atoms with Gasteiger partial charge in [0.1, 0.15) is 11.5 Å². The Kier molecular flexibility index (Phi) is 6.42. The quantitative estimate of drug-likeness (QED) is 0.515. The van der Waals surface area contributed by atoms with Gasteiger partial charge in [0.15, 0.2) is 0 Å². The monoisotopic (exact) mass is 424 g/mol. The molecular weight excluding hydrogens is 380 g/mol. The van der Waals surface area contributed by atoms with Gasteiger partial charge in [-0.05, 0) is 55.0 Å². The lowest BCUT2D eigenvalue weighted by atomic mass is 9.76. The van der Waals surface area contributed by atoms with Crippen LogP contribution in [0.15, 0.2) is 24.3 Å². The lowest BCUT2D eigenvalue weighted by Gasteiger charge is -2.29. The average Bonchev–Trinajstić information content (AvgIpc) is 2.53. The second-order valence-electron chi connectivity index (χ2n) is 13.2. The van der Waals surface area contributed by atoms with Crippen LogP contribution in [0.2, 0.25) is 0 Å². The topological polar surface area (TPSA) is 40.5 Å². The molecule has 0 atom stereocenters. The molecule has 0 saturated carbocycles. The maximum Gasteiger partial charge on any atom is 0.122 e. The van der Waals surface area contributed by atoms with Crippen molar-refractivity contribution in [1.29, 1.82) is 0 Å². The van der Waals surface area contributed by atoms with Crippen LogP contribution in [0, 0.1) is 0 Å². The zero-order valence-electron chi connectivity index (χ0n) is 21.9. The van der Waals surface area contributed by atoms with Crippen LogP contribution in [0.5, 0.6) is 11.5 Å². The molecule has 0 saturated heterocycles. The van der Waals surface area contributed by atoms with E-state index in [0.717, 1.165) is 22.3 Å². The fraction of sp³-hybridized carbons (Fsp3) is 0.586. The minimum absolute atomic E-state index is 0.0334. The first-order chi connectivity index (χ1) is 13.7. The molecule has 0 unspecified atom stereocenters. The van der Waals surface area contributed by atoms with Gasteiger partial charge in [-0.2, -0.15) is 0 Å². The van der Waals surface area contributed by atoms with Crippen LogP contribution in [-0.2, 0) is 28.1 Å². The minimum atomic E-state index is -0.175. The van der Waals surface area contributed by atoms with Gasteiger partial charge in [-0.3, -0.25) is 0 Å². The summed E-state index contributed by atoms with van der Waals surface area (Å²) in [6.45, 7) is 26.0. The van der Waals surface area contributed by atoms with Gasteiger partial charge < -0.3 is 10.2 Å². The number of phenolic OH excluding ortho intramolecular Hbond substituents is 2. The SMILES string of the molecule is CC(C)(C)c1cc(Cc2cc(C(C)(C)C)cc(C(C)(C)C)c2O)c(O)c(C(C)(C)C)c1. The highest BCUT2D eigenvalue weighted by Crippen LogP contribution is 2.42. The standard InChI is InChI=1S/C29H44O2/c1-26(2,3)20-14-18(24(30)22(16-20)28(7,8)9)13-19-15-21(27(4,5)6)17-23(25(19)31)29(10,11)12/h14-17,30-31H,13H2,1-12H3. The predicted molar refractivity (Wildman–Crippen MR) is 134 cm³/mol. The van der Waals surface area contributed by atoms with Crippen molar-refractivity contribution in [1.82, 2.24) is 0 Å². The second-order valence-corrected chi connectivity index (χ2v) is 13.2. The third kappa shape index (κ3) is 5.64. The third-order valence-corrected chi connectivity index (χ3v) is 6.11. The molecule has 0 spiro atoms. The van der Waals surface area contributed by atoms with Crippen molar-refractivity contribution < 1.29 is 10.2 Å². The molecule has 2 aromatic rings. The molecule has 0 aliphatic rings. The lowest BCUT2D eigenvalue weighted by molar-refractivity contribution is 0.433. The van der Waals surface area contributed by atoms with Gasteiger partial charge in [0.05, 0.1) is 0 Å². The fourth-order valence-electron chi connectivity index (χ4n) is 3.87. The van der Waals surface area contributed by atoms with Crippen LogP contribution in [-0.4, -0.2) is 10.2 Å². The van der Waals surface area contributed by atoms with Crippen molar-refractivity contribution in [3.8, 4) is 11.5 Å². The number of hydrogen-bond acceptors (Lipinski definition) is 2. The molecule has 31 heavy (non-hydrogen) atoms. The smallest absolute Gasteiger partial charge is 0.122 e. The van der Waals surface area contributed by atoms with E-state index in [2.05, 4.69) is 107 Å². The highest BCUT2D eigenvalue weighted by Gasteiger charge is 2.28. The van der Waals surface area contributed by atoms with Crippen molar-refractivity contribution in [2.24, 2.45) is 0 Å². The molecule has 0 fully saturated rings. The van der Waals surface area contributed by atoms with Crippen LogP contribution >= 0.6 is 0 Å². The Hall–Kier alpha value is -1.96. The molecule has 0 heterocycles. The van der Waals surface area contributed by atoms with Gasteiger partial charge in [0.2, 0.25) is 0 Å². The number of rotatable bonds is 2. The summed E-state index contributed by atoms with van der Waals surface area (Å²) in [4.78, 5) is 0. The van der Waals surface area contributed by atoms with E-state index < -0.39 is 0 Å². The van der Waals surface area contributed by atoms with E-state index >= 15 is 0 Å². The molecule has 0 aromatic heterocycles. The maximum absolute atomic E-state index is 11.2. The van der Waals surface area contributed by atoms with Gasteiger partial charge >= 0.3 is 0 Å². The Balaban J connectivity index is 2.78. The van der Waals surface area contributed by atoms with Crippen LogP contribution in [0.4, 0.5) is 0 Å². The molecule has 0 aliphatic heterocycles. The lowest BCUT2D eigenvalue weighted by Crippen LogP contribution is -2.18. The van der Waals surface area contributed by atoms with Gasteiger partial charge in [0.25, 0.3) is 0 Å². The molecule has 2 N–H and O–H groups in total. The molecule has 2 aromatic carbocycles. The summed E-state index contributed by atoms with van der Waals surface area (Å²) in [7, 11) is 0. The van der Waals surface area contributed by atoms with Crippen molar-refractivity contribution in [2.45, 2.75) is 111 Å². The minimum Gasteiger partial charge on any atom is -0.507 e. The molecular formula is C29H44O2. The third-order valence-electron chi connectivity index (χ3n) is 6.11. The van der Waals surface area contributed by atoms with Crippen molar-refractivity contribution in [3.05, 3.63) is 57.6 Å². The second kappa shape index (κ2) is 7.87. The normalized spacial score (nSPS) is 13.5. The van der Waals surface area contributed by atoms with Gasteiger partial charge in [-0.1, -0.05) is 107 Å². The molecule has 0 radical (unpaired) electrons. The fourth-order valence-corrected chi connectivity index (χ4v) is 3.87. The highest BCUT2D eigenvalue weighted by molar-refractivity contribution is 5.54. The number of aromatic hydroxyl groups is 2. The first-order valence-electron chi connectivity index (χ1n) is 11.5. The largest absolute Gasteiger partial charge is 0.507 e. The van der Waals surface area contributed by atoms with Crippen LogP contribution in [0.1, 0.15) is 116 Å². The Morgan fingerprint density at radius 1 is 0.484 bits per heavy atom. The number of benzene rings is 2. The molecule has 2 rings (SSSR count). The van der Waals surface area contributed by atoms with E-state index in [1.165, 1.54) is 11.1 Å². The summed E-state index contributed by atoms with van der Waals surface area (Å²) in [6, 6.07) is 8.52. The summed E-state index contributed by atoms with van der Waals surface area (Å²) < 4.78 is 0. The molecule has 0 bridgehead atoms. The Bertz CT molecular complexity index is 873. The van der Waals surface area contributed by atoms with E-state index in [-0.39, 0.29) is 21.7 Å². The van der Waals surface area contributed by atoms with Crippen molar-refractivity contribution in [2.75, 3.05) is 0 Å². The molecule has 0 aliphatic carbocycles. The highest BCUT2D eigenvalue weighted by atomic mass is 16.3. The number of hydrogen-bond donors (Lipinski definition) is 2.